The van der Waals surface area contributed by atoms with E-state index < -0.39 is 0 Å². The Labute approximate surface area is 215 Å². The first-order valence-electron chi connectivity index (χ1n) is 13.8. The molecule has 2 aromatic rings. The third-order valence-electron chi connectivity index (χ3n) is 9.05. The standard InChI is InChI=1S/C29H39N7/c1-4-15-34(25-11-5-8-21-9-7-14-31-28(21)25)20-24-26(18-30)36-27(32-24)12-6-10-22-17-29(22,36)35-16-13-23(19-35)33(2)3/h6-7,9-10,14,22-23,25H,4-5,8,11-13,15-17,19-20H2,1-3H3/t22?,23-,25+,29?/m1/s1. The zero-order valence-corrected chi connectivity index (χ0v) is 22.0. The van der Waals surface area contributed by atoms with Crippen LogP contribution in [0.3, 0.4) is 0 Å². The molecule has 0 aromatic carbocycles. The first kappa shape index (κ1) is 23.8. The highest BCUT2D eigenvalue weighted by molar-refractivity contribution is 5.37. The molecule has 1 saturated carbocycles. The van der Waals surface area contributed by atoms with E-state index in [0.717, 1.165) is 69.0 Å². The van der Waals surface area contributed by atoms with Crippen LogP contribution >= 0.6 is 0 Å². The summed E-state index contributed by atoms with van der Waals surface area (Å²) in [6, 6.07) is 7.80. The number of rotatable bonds is 7. The van der Waals surface area contributed by atoms with Gasteiger partial charge in [0, 0.05) is 44.2 Å². The van der Waals surface area contributed by atoms with Crippen molar-refractivity contribution in [2.75, 3.05) is 33.7 Å². The first-order valence-corrected chi connectivity index (χ1v) is 13.8. The number of likely N-dealkylation sites (N-methyl/N-ethyl adjacent to an activating group) is 1. The van der Waals surface area contributed by atoms with Crippen molar-refractivity contribution in [3.8, 4) is 6.07 Å². The van der Waals surface area contributed by atoms with Gasteiger partial charge in [-0.05, 0) is 70.8 Å². The number of aryl methyl sites for hydroxylation is 1. The fraction of sp³-hybridized carbons (Fsp3) is 0.621. The largest absolute Gasteiger partial charge is 0.305 e. The third kappa shape index (κ3) is 3.82. The van der Waals surface area contributed by atoms with Crippen molar-refractivity contribution in [3.63, 3.8) is 0 Å². The predicted molar refractivity (Wildman–Crippen MR) is 140 cm³/mol. The normalized spacial score (nSPS) is 29.1. The molecule has 0 radical (unpaired) electrons. The molecule has 0 bridgehead atoms. The van der Waals surface area contributed by atoms with Crippen LogP contribution in [0.1, 0.15) is 73.5 Å². The number of nitriles is 1. The number of likely N-dealkylation sites (tertiary alicyclic amines) is 1. The van der Waals surface area contributed by atoms with Gasteiger partial charge in [-0.1, -0.05) is 25.1 Å². The van der Waals surface area contributed by atoms with Gasteiger partial charge in [-0.15, -0.1) is 0 Å². The Balaban J connectivity index is 1.35. The van der Waals surface area contributed by atoms with E-state index in [0.29, 0.717) is 24.5 Å². The molecule has 0 N–H and O–H groups in total. The quantitative estimate of drug-likeness (QED) is 0.555. The summed E-state index contributed by atoms with van der Waals surface area (Å²) >= 11 is 0. The van der Waals surface area contributed by atoms with E-state index in [2.05, 4.69) is 70.6 Å². The summed E-state index contributed by atoms with van der Waals surface area (Å²) in [6.45, 7) is 6.07. The van der Waals surface area contributed by atoms with Gasteiger partial charge in [0.2, 0.25) is 0 Å². The summed E-state index contributed by atoms with van der Waals surface area (Å²) in [5.74, 6) is 1.53. The van der Waals surface area contributed by atoms with Crippen molar-refractivity contribution < 1.29 is 0 Å². The van der Waals surface area contributed by atoms with Crippen LogP contribution in [0.15, 0.2) is 30.5 Å². The maximum Gasteiger partial charge on any atom is 0.146 e. The van der Waals surface area contributed by atoms with Crippen LogP contribution in [-0.2, 0) is 25.0 Å². The third-order valence-corrected chi connectivity index (χ3v) is 9.05. The minimum atomic E-state index is -0.113. The van der Waals surface area contributed by atoms with Gasteiger partial charge in [0.15, 0.2) is 0 Å². The molecule has 0 amide bonds. The van der Waals surface area contributed by atoms with Crippen LogP contribution in [0.2, 0.25) is 0 Å². The second kappa shape index (κ2) is 9.41. The Hall–Kier alpha value is -2.53. The molecular weight excluding hydrogens is 446 g/mol. The first-order chi connectivity index (χ1) is 17.6. The molecule has 7 heteroatoms. The number of hydrogen-bond donors (Lipinski definition) is 0. The maximum atomic E-state index is 10.5. The summed E-state index contributed by atoms with van der Waals surface area (Å²) in [4.78, 5) is 17.6. The Bertz CT molecular complexity index is 1190. The predicted octanol–water partition coefficient (Wildman–Crippen LogP) is 3.86. The number of hydrogen-bond acceptors (Lipinski definition) is 6. The zero-order chi connectivity index (χ0) is 24.9. The highest BCUT2D eigenvalue weighted by Crippen LogP contribution is 2.57. The Kier molecular flexibility index (Phi) is 6.23. The van der Waals surface area contributed by atoms with Gasteiger partial charge in [0.05, 0.1) is 17.4 Å². The van der Waals surface area contributed by atoms with Gasteiger partial charge in [-0.25, -0.2) is 4.98 Å². The summed E-state index contributed by atoms with van der Waals surface area (Å²) in [5.41, 5.74) is 4.23. The monoisotopic (exact) mass is 485 g/mol. The maximum absolute atomic E-state index is 10.5. The summed E-state index contributed by atoms with van der Waals surface area (Å²) in [7, 11) is 4.37. The number of nitrogens with zero attached hydrogens (tertiary/aromatic N) is 7. The lowest BCUT2D eigenvalue weighted by Crippen LogP contribution is -2.43. The average Bonchev–Trinajstić information content (AvgIpc) is 3.24. The molecule has 2 aliphatic heterocycles. The summed E-state index contributed by atoms with van der Waals surface area (Å²) in [5, 5.41) is 10.5. The molecule has 2 fully saturated rings. The molecule has 2 unspecified atom stereocenters. The van der Waals surface area contributed by atoms with Crippen molar-refractivity contribution in [3.05, 3.63) is 59.0 Å². The molecule has 7 nitrogen and oxygen atoms in total. The number of fused-ring (bicyclic) bond motifs is 4. The lowest BCUT2D eigenvalue weighted by Gasteiger charge is -2.35. The van der Waals surface area contributed by atoms with Crippen LogP contribution in [0.4, 0.5) is 0 Å². The van der Waals surface area contributed by atoms with Crippen LogP contribution in [0.5, 0.6) is 0 Å². The Morgan fingerprint density at radius 2 is 2.17 bits per heavy atom. The van der Waals surface area contributed by atoms with E-state index in [1.807, 2.05) is 6.20 Å². The van der Waals surface area contributed by atoms with E-state index in [1.54, 1.807) is 0 Å². The van der Waals surface area contributed by atoms with Crippen LogP contribution in [0.25, 0.3) is 0 Å². The van der Waals surface area contributed by atoms with E-state index >= 15 is 0 Å². The molecular formula is C29H39N7. The SMILES string of the molecule is CCCN(Cc1nc2n(c1C#N)C1(N3CC[C@@H](N(C)C)C3)CC1C=CC2)[C@H]1CCCc2cccnc21. The van der Waals surface area contributed by atoms with Gasteiger partial charge >= 0.3 is 0 Å². The number of pyridine rings is 1. The minimum Gasteiger partial charge on any atom is -0.305 e. The fourth-order valence-electron chi connectivity index (χ4n) is 7.16. The molecule has 6 rings (SSSR count). The Morgan fingerprint density at radius 3 is 2.94 bits per heavy atom. The molecule has 0 spiro atoms. The smallest absolute Gasteiger partial charge is 0.146 e. The van der Waals surface area contributed by atoms with Crippen molar-refractivity contribution in [1.82, 2.24) is 29.2 Å². The zero-order valence-electron chi connectivity index (χ0n) is 22.0. The van der Waals surface area contributed by atoms with Gasteiger partial charge in [0.1, 0.15) is 23.3 Å². The van der Waals surface area contributed by atoms with Crippen molar-refractivity contribution in [2.45, 2.75) is 76.2 Å². The summed E-state index contributed by atoms with van der Waals surface area (Å²) < 4.78 is 2.36. The molecule has 4 atom stereocenters. The second-order valence-corrected chi connectivity index (χ2v) is 11.4. The van der Waals surface area contributed by atoms with E-state index in [9.17, 15) is 5.26 Å². The minimum absolute atomic E-state index is 0.113. The number of aromatic nitrogens is 3. The van der Waals surface area contributed by atoms with E-state index in [1.165, 1.54) is 24.1 Å². The van der Waals surface area contributed by atoms with Crippen molar-refractivity contribution >= 4 is 0 Å². The highest BCUT2D eigenvalue weighted by atomic mass is 15.4. The van der Waals surface area contributed by atoms with Crippen molar-refractivity contribution in [2.24, 2.45) is 5.92 Å². The average molecular weight is 486 g/mol. The molecule has 190 valence electrons. The molecule has 2 aromatic heterocycles. The van der Waals surface area contributed by atoms with Gasteiger partial charge in [-0.2, -0.15) is 5.26 Å². The molecule has 4 heterocycles. The van der Waals surface area contributed by atoms with Crippen molar-refractivity contribution in [1.29, 1.82) is 5.26 Å². The van der Waals surface area contributed by atoms with Gasteiger partial charge in [0.25, 0.3) is 0 Å². The Morgan fingerprint density at radius 1 is 1.28 bits per heavy atom. The second-order valence-electron chi connectivity index (χ2n) is 11.4. The topological polar surface area (TPSA) is 64.2 Å². The molecule has 1 saturated heterocycles. The van der Waals surface area contributed by atoms with E-state index in [-0.39, 0.29) is 5.66 Å². The lowest BCUT2D eigenvalue weighted by atomic mass is 9.90. The molecule has 2 aliphatic carbocycles. The van der Waals surface area contributed by atoms with E-state index in [4.69, 9.17) is 9.97 Å². The van der Waals surface area contributed by atoms with Gasteiger partial charge < -0.3 is 4.90 Å². The number of allylic oxidation sites excluding steroid dienone is 1. The van der Waals surface area contributed by atoms with Gasteiger partial charge in [-0.3, -0.25) is 19.4 Å². The van der Waals surface area contributed by atoms with Crippen LogP contribution < -0.4 is 0 Å². The van der Waals surface area contributed by atoms with Crippen LogP contribution in [0, 0.1) is 17.2 Å². The van der Waals surface area contributed by atoms with Crippen LogP contribution in [-0.4, -0.2) is 69.0 Å². The molecule has 36 heavy (non-hydrogen) atoms. The fourth-order valence-corrected chi connectivity index (χ4v) is 7.16. The molecule has 4 aliphatic rings. The number of imidazole rings is 1. The highest BCUT2D eigenvalue weighted by Gasteiger charge is 2.62. The summed E-state index contributed by atoms with van der Waals surface area (Å²) in [6.07, 6.45) is 14.2. The lowest BCUT2D eigenvalue weighted by molar-refractivity contribution is 0.123.